The van der Waals surface area contributed by atoms with Crippen LogP contribution < -0.4 is 5.73 Å². The maximum Gasteiger partial charge on any atom is 0.223 e. The number of rotatable bonds is 2. The van der Waals surface area contributed by atoms with Gasteiger partial charge in [-0.3, -0.25) is 9.69 Å². The SMILES string of the molecule is CC1CN2CCCC2CN1C(=O)CC1CCCCC1N.Cl.Cl. The summed E-state index contributed by atoms with van der Waals surface area (Å²) >= 11 is 0. The predicted molar refractivity (Wildman–Crippen MR) is 94.8 cm³/mol. The highest BCUT2D eigenvalue weighted by Crippen LogP contribution is 2.29. The van der Waals surface area contributed by atoms with Gasteiger partial charge in [-0.2, -0.15) is 0 Å². The number of carbonyl (C=O) groups is 1. The van der Waals surface area contributed by atoms with Gasteiger partial charge >= 0.3 is 0 Å². The van der Waals surface area contributed by atoms with E-state index in [0.29, 0.717) is 30.3 Å². The van der Waals surface area contributed by atoms with Crippen LogP contribution in [0.15, 0.2) is 0 Å². The highest BCUT2D eigenvalue weighted by atomic mass is 35.5. The molecule has 0 aromatic rings. The lowest BCUT2D eigenvalue weighted by Crippen LogP contribution is -2.57. The van der Waals surface area contributed by atoms with E-state index < -0.39 is 0 Å². The Kier molecular flexibility index (Phi) is 7.93. The number of amides is 1. The Morgan fingerprint density at radius 1 is 1.09 bits per heavy atom. The molecular weight excluding hydrogens is 321 g/mol. The summed E-state index contributed by atoms with van der Waals surface area (Å²) in [6.45, 7) is 5.44. The van der Waals surface area contributed by atoms with Gasteiger partial charge in [0.15, 0.2) is 0 Å². The smallest absolute Gasteiger partial charge is 0.223 e. The Bertz CT molecular complexity index is 369. The predicted octanol–water partition coefficient (Wildman–Crippen LogP) is 2.43. The highest BCUT2D eigenvalue weighted by molar-refractivity contribution is 5.85. The first-order valence-electron chi connectivity index (χ1n) is 8.44. The molecule has 22 heavy (non-hydrogen) atoms. The number of fused-ring (bicyclic) bond motifs is 1. The normalized spacial score (nSPS) is 35.3. The Morgan fingerprint density at radius 2 is 1.82 bits per heavy atom. The largest absolute Gasteiger partial charge is 0.337 e. The average molecular weight is 352 g/mol. The summed E-state index contributed by atoms with van der Waals surface area (Å²) in [4.78, 5) is 17.4. The number of hydrogen-bond donors (Lipinski definition) is 1. The molecule has 0 radical (unpaired) electrons. The van der Waals surface area contributed by atoms with Gasteiger partial charge in [0.05, 0.1) is 0 Å². The molecule has 4 unspecified atom stereocenters. The Balaban J connectivity index is 0.00000121. The third-order valence-corrected chi connectivity index (χ3v) is 5.66. The molecule has 2 aliphatic heterocycles. The van der Waals surface area contributed by atoms with Crippen LogP contribution in [0.2, 0.25) is 0 Å². The zero-order valence-electron chi connectivity index (χ0n) is 13.6. The summed E-state index contributed by atoms with van der Waals surface area (Å²) in [5.41, 5.74) is 6.20. The van der Waals surface area contributed by atoms with Crippen molar-refractivity contribution in [3.8, 4) is 0 Å². The van der Waals surface area contributed by atoms with Gasteiger partial charge < -0.3 is 10.6 Å². The number of hydrogen-bond acceptors (Lipinski definition) is 3. The summed E-state index contributed by atoms with van der Waals surface area (Å²) < 4.78 is 0. The number of nitrogens with two attached hydrogens (primary N) is 1. The lowest BCUT2D eigenvalue weighted by molar-refractivity contribution is -0.138. The van der Waals surface area contributed by atoms with Crippen LogP contribution in [0.3, 0.4) is 0 Å². The average Bonchev–Trinajstić information content (AvgIpc) is 2.87. The molecule has 1 saturated carbocycles. The molecule has 1 amide bonds. The molecule has 4 atom stereocenters. The van der Waals surface area contributed by atoms with E-state index in [-0.39, 0.29) is 30.9 Å². The zero-order chi connectivity index (χ0) is 14.1. The third-order valence-electron chi connectivity index (χ3n) is 5.66. The van der Waals surface area contributed by atoms with Crippen molar-refractivity contribution in [3.05, 3.63) is 0 Å². The maximum absolute atomic E-state index is 12.7. The van der Waals surface area contributed by atoms with Crippen molar-refractivity contribution in [3.63, 3.8) is 0 Å². The first kappa shape index (κ1) is 20.0. The third kappa shape index (κ3) is 4.28. The van der Waals surface area contributed by atoms with Crippen molar-refractivity contribution in [1.82, 2.24) is 9.80 Å². The maximum atomic E-state index is 12.7. The number of piperazine rings is 1. The minimum atomic E-state index is 0. The first-order chi connectivity index (χ1) is 9.65. The van der Waals surface area contributed by atoms with Gasteiger partial charge in [0.2, 0.25) is 5.91 Å². The van der Waals surface area contributed by atoms with Crippen molar-refractivity contribution in [1.29, 1.82) is 0 Å². The summed E-state index contributed by atoms with van der Waals surface area (Å²) in [5, 5.41) is 0. The number of nitrogens with zero attached hydrogens (tertiary/aromatic N) is 2. The fourth-order valence-electron chi connectivity index (χ4n) is 4.37. The summed E-state index contributed by atoms with van der Waals surface area (Å²) in [6, 6.07) is 1.24. The molecule has 1 aliphatic carbocycles. The second-order valence-corrected chi connectivity index (χ2v) is 7.10. The van der Waals surface area contributed by atoms with Crippen LogP contribution in [0.4, 0.5) is 0 Å². The van der Waals surface area contributed by atoms with E-state index in [2.05, 4.69) is 16.7 Å². The standard InChI is InChI=1S/C16H29N3O.2ClH/c1-12-10-18-8-4-6-14(18)11-19(12)16(20)9-13-5-2-3-7-15(13)17;;/h12-15H,2-11,17H2,1H3;2*1H. The summed E-state index contributed by atoms with van der Waals surface area (Å²) in [5.74, 6) is 0.774. The minimum absolute atomic E-state index is 0. The molecule has 130 valence electrons. The second kappa shape index (κ2) is 8.72. The van der Waals surface area contributed by atoms with Gasteiger partial charge in [0.1, 0.15) is 0 Å². The van der Waals surface area contributed by atoms with Crippen molar-refractivity contribution in [2.24, 2.45) is 11.7 Å². The monoisotopic (exact) mass is 351 g/mol. The van der Waals surface area contributed by atoms with Gasteiger partial charge in [0.25, 0.3) is 0 Å². The summed E-state index contributed by atoms with van der Waals surface area (Å²) in [6.07, 6.45) is 7.97. The lowest BCUT2D eigenvalue weighted by Gasteiger charge is -2.43. The van der Waals surface area contributed by atoms with Crippen LogP contribution >= 0.6 is 24.8 Å². The molecule has 2 N–H and O–H groups in total. The van der Waals surface area contributed by atoms with Gasteiger partial charge in [-0.1, -0.05) is 12.8 Å². The molecule has 0 spiro atoms. The van der Waals surface area contributed by atoms with Crippen LogP contribution in [-0.4, -0.2) is 53.5 Å². The Morgan fingerprint density at radius 3 is 2.55 bits per heavy atom. The van der Waals surface area contributed by atoms with Crippen LogP contribution in [0.5, 0.6) is 0 Å². The number of halogens is 2. The van der Waals surface area contributed by atoms with Crippen molar-refractivity contribution in [2.75, 3.05) is 19.6 Å². The molecule has 0 aromatic heterocycles. The first-order valence-corrected chi connectivity index (χ1v) is 8.44. The molecule has 4 nitrogen and oxygen atoms in total. The molecule has 6 heteroatoms. The van der Waals surface area contributed by atoms with Crippen LogP contribution in [0.25, 0.3) is 0 Å². The van der Waals surface area contributed by atoms with E-state index in [0.717, 1.165) is 25.9 Å². The summed E-state index contributed by atoms with van der Waals surface area (Å²) in [7, 11) is 0. The van der Waals surface area contributed by atoms with Gasteiger partial charge in [-0.15, -0.1) is 24.8 Å². The van der Waals surface area contributed by atoms with E-state index in [9.17, 15) is 4.79 Å². The van der Waals surface area contributed by atoms with Crippen molar-refractivity contribution >= 4 is 30.7 Å². The van der Waals surface area contributed by atoms with Gasteiger partial charge in [-0.05, 0) is 45.1 Å². The Hall–Kier alpha value is -0.0300. The molecule has 3 rings (SSSR count). The molecule has 2 heterocycles. The number of carbonyl (C=O) groups excluding carboxylic acids is 1. The van der Waals surface area contributed by atoms with Gasteiger partial charge in [-0.25, -0.2) is 0 Å². The van der Waals surface area contributed by atoms with E-state index in [4.69, 9.17) is 5.73 Å². The van der Waals surface area contributed by atoms with E-state index in [1.807, 2.05) is 0 Å². The second-order valence-electron chi connectivity index (χ2n) is 7.10. The Labute approximate surface area is 147 Å². The van der Waals surface area contributed by atoms with Gasteiger partial charge in [0, 0.05) is 37.6 Å². The lowest BCUT2D eigenvalue weighted by atomic mass is 9.82. The molecule has 3 aliphatic rings. The topological polar surface area (TPSA) is 49.6 Å². The molecular formula is C16H31Cl2N3O. The fraction of sp³-hybridized carbons (Fsp3) is 0.938. The van der Waals surface area contributed by atoms with Crippen LogP contribution in [0, 0.1) is 5.92 Å². The fourth-order valence-corrected chi connectivity index (χ4v) is 4.37. The highest BCUT2D eigenvalue weighted by Gasteiger charge is 2.37. The van der Waals surface area contributed by atoms with Crippen molar-refractivity contribution < 1.29 is 4.79 Å². The molecule has 2 saturated heterocycles. The zero-order valence-corrected chi connectivity index (χ0v) is 15.2. The molecule has 0 aromatic carbocycles. The van der Waals surface area contributed by atoms with Crippen molar-refractivity contribution in [2.45, 2.75) is 70.0 Å². The molecule has 0 bridgehead atoms. The molecule has 3 fully saturated rings. The van der Waals surface area contributed by atoms with E-state index in [1.54, 1.807) is 0 Å². The van der Waals surface area contributed by atoms with Crippen LogP contribution in [0.1, 0.15) is 51.9 Å². The van der Waals surface area contributed by atoms with E-state index >= 15 is 0 Å². The van der Waals surface area contributed by atoms with Crippen LogP contribution in [-0.2, 0) is 4.79 Å². The quantitative estimate of drug-likeness (QED) is 0.830. The minimum Gasteiger partial charge on any atom is -0.337 e. The van der Waals surface area contributed by atoms with E-state index in [1.165, 1.54) is 32.2 Å².